The van der Waals surface area contributed by atoms with Gasteiger partial charge in [0.05, 0.1) is 0 Å². The fourth-order valence-electron chi connectivity index (χ4n) is 1.32. The molecule has 0 aromatic heterocycles. The number of hydrogen-bond donors (Lipinski definition) is 1. The quantitative estimate of drug-likeness (QED) is 0.703. The zero-order valence-corrected chi connectivity index (χ0v) is 8.37. The van der Waals surface area contributed by atoms with Gasteiger partial charge >= 0.3 is 0 Å². The number of hydrogen-bond acceptors (Lipinski definition) is 1. The fourth-order valence-corrected chi connectivity index (χ4v) is 1.32. The van der Waals surface area contributed by atoms with E-state index in [2.05, 4.69) is 11.2 Å². The number of amides is 1. The monoisotopic (exact) mass is 187 g/mol. The van der Waals surface area contributed by atoms with E-state index in [1.807, 2.05) is 31.2 Å². The Hall–Kier alpha value is -1.75. The van der Waals surface area contributed by atoms with Gasteiger partial charge in [-0.3, -0.25) is 4.79 Å². The van der Waals surface area contributed by atoms with Crippen LogP contribution in [0.5, 0.6) is 0 Å². The third-order valence-electron chi connectivity index (χ3n) is 2.01. The minimum Gasteiger partial charge on any atom is -0.339 e. The first-order valence-electron chi connectivity index (χ1n) is 4.44. The number of carbonyl (C=O) groups excluding carboxylic acids is 1. The van der Waals surface area contributed by atoms with Crippen LogP contribution in [0, 0.1) is 19.3 Å². The van der Waals surface area contributed by atoms with E-state index in [4.69, 9.17) is 6.42 Å². The zero-order chi connectivity index (χ0) is 10.6. The topological polar surface area (TPSA) is 29.1 Å². The van der Waals surface area contributed by atoms with Crippen molar-refractivity contribution in [3.8, 4) is 12.3 Å². The van der Waals surface area contributed by atoms with Crippen LogP contribution in [0.3, 0.4) is 0 Å². The first-order chi connectivity index (χ1) is 6.65. The summed E-state index contributed by atoms with van der Waals surface area (Å²) in [5.74, 6) is 2.44. The maximum absolute atomic E-state index is 10.9. The molecule has 0 fully saturated rings. The maximum Gasteiger partial charge on any atom is 0.218 e. The average Bonchev–Trinajstić information content (AvgIpc) is 2.15. The van der Waals surface area contributed by atoms with E-state index >= 15 is 0 Å². The van der Waals surface area contributed by atoms with Crippen molar-refractivity contribution in [2.24, 2.45) is 0 Å². The predicted molar refractivity (Wildman–Crippen MR) is 56.6 cm³/mol. The summed E-state index contributed by atoms with van der Waals surface area (Å²) in [6.07, 6.45) is 5.36. The highest BCUT2D eigenvalue weighted by molar-refractivity contribution is 5.74. The number of rotatable bonds is 2. The Morgan fingerprint density at radius 1 is 1.50 bits per heavy atom. The van der Waals surface area contributed by atoms with Crippen molar-refractivity contribution in [2.75, 3.05) is 0 Å². The molecule has 2 nitrogen and oxygen atoms in total. The lowest BCUT2D eigenvalue weighted by molar-refractivity contribution is -0.119. The number of aryl methyl sites for hydroxylation is 1. The molecule has 0 heterocycles. The molecule has 1 aromatic carbocycles. The van der Waals surface area contributed by atoms with E-state index in [1.54, 1.807) is 0 Å². The summed E-state index contributed by atoms with van der Waals surface area (Å²) in [7, 11) is 0. The van der Waals surface area contributed by atoms with Gasteiger partial charge in [-0.15, -0.1) is 6.42 Å². The second-order valence-electron chi connectivity index (χ2n) is 3.16. The molecule has 0 spiro atoms. The van der Waals surface area contributed by atoms with Crippen molar-refractivity contribution in [2.45, 2.75) is 19.9 Å². The van der Waals surface area contributed by atoms with Gasteiger partial charge < -0.3 is 5.32 Å². The van der Waals surface area contributed by atoms with Crippen LogP contribution in [0.4, 0.5) is 0 Å². The van der Waals surface area contributed by atoms with Gasteiger partial charge in [0.25, 0.3) is 0 Å². The standard InChI is InChI=1S/C12H13NO/c1-4-12(13-10(3)14)11-8-6-5-7-9(11)2/h1,5-8,12H,2-3H3,(H,13,14)/t12-/m0/s1. The molecular formula is C12H13NO. The van der Waals surface area contributed by atoms with Crippen molar-refractivity contribution in [3.63, 3.8) is 0 Å². The summed E-state index contributed by atoms with van der Waals surface area (Å²) in [6.45, 7) is 3.43. The normalized spacial score (nSPS) is 11.5. The van der Waals surface area contributed by atoms with Crippen LogP contribution in [0.15, 0.2) is 24.3 Å². The van der Waals surface area contributed by atoms with E-state index in [-0.39, 0.29) is 11.9 Å². The molecule has 0 bridgehead atoms. The number of terminal acetylenes is 1. The van der Waals surface area contributed by atoms with Gasteiger partial charge in [-0.2, -0.15) is 0 Å². The molecule has 0 saturated heterocycles. The van der Waals surface area contributed by atoms with Crippen LogP contribution in [0.2, 0.25) is 0 Å². The first-order valence-corrected chi connectivity index (χ1v) is 4.44. The first kappa shape index (κ1) is 10.3. The summed E-state index contributed by atoms with van der Waals surface area (Å²) in [5.41, 5.74) is 2.06. The molecule has 1 atom stereocenters. The largest absolute Gasteiger partial charge is 0.339 e. The molecule has 0 aliphatic rings. The van der Waals surface area contributed by atoms with Crippen molar-refractivity contribution in [1.29, 1.82) is 0 Å². The van der Waals surface area contributed by atoms with E-state index < -0.39 is 0 Å². The lowest BCUT2D eigenvalue weighted by Crippen LogP contribution is -2.25. The van der Waals surface area contributed by atoms with Crippen molar-refractivity contribution in [1.82, 2.24) is 5.32 Å². The van der Waals surface area contributed by atoms with Gasteiger partial charge in [0, 0.05) is 6.92 Å². The van der Waals surface area contributed by atoms with Gasteiger partial charge in [-0.05, 0) is 18.1 Å². The molecule has 0 unspecified atom stereocenters. The smallest absolute Gasteiger partial charge is 0.218 e. The van der Waals surface area contributed by atoms with Gasteiger partial charge in [-0.1, -0.05) is 30.2 Å². The molecule has 14 heavy (non-hydrogen) atoms. The van der Waals surface area contributed by atoms with Crippen LogP contribution in [0.1, 0.15) is 24.1 Å². The van der Waals surface area contributed by atoms with Crippen LogP contribution in [-0.2, 0) is 4.79 Å². The van der Waals surface area contributed by atoms with E-state index in [0.717, 1.165) is 11.1 Å². The van der Waals surface area contributed by atoms with Crippen molar-refractivity contribution in [3.05, 3.63) is 35.4 Å². The zero-order valence-electron chi connectivity index (χ0n) is 8.37. The van der Waals surface area contributed by atoms with Crippen LogP contribution < -0.4 is 5.32 Å². The summed E-state index contributed by atoms with van der Waals surface area (Å²) in [4.78, 5) is 10.9. The lowest BCUT2D eigenvalue weighted by atomic mass is 10.0. The summed E-state index contributed by atoms with van der Waals surface area (Å²) < 4.78 is 0. The fraction of sp³-hybridized carbons (Fsp3) is 0.250. The van der Waals surface area contributed by atoms with E-state index in [9.17, 15) is 4.79 Å². The van der Waals surface area contributed by atoms with Crippen LogP contribution in [0.25, 0.3) is 0 Å². The highest BCUT2D eigenvalue weighted by Gasteiger charge is 2.10. The second-order valence-corrected chi connectivity index (χ2v) is 3.16. The minimum absolute atomic E-state index is 0.115. The third kappa shape index (κ3) is 2.37. The number of carbonyl (C=O) groups is 1. The average molecular weight is 187 g/mol. The Morgan fingerprint density at radius 2 is 2.14 bits per heavy atom. The number of nitrogens with one attached hydrogen (secondary N) is 1. The van der Waals surface area contributed by atoms with Crippen molar-refractivity contribution >= 4 is 5.91 Å². The van der Waals surface area contributed by atoms with Crippen LogP contribution >= 0.6 is 0 Å². The number of benzene rings is 1. The maximum atomic E-state index is 10.9. The summed E-state index contributed by atoms with van der Waals surface area (Å²) in [6, 6.07) is 7.43. The van der Waals surface area contributed by atoms with E-state index in [0.29, 0.717) is 0 Å². The molecule has 0 saturated carbocycles. The van der Waals surface area contributed by atoms with Gasteiger partial charge in [0.15, 0.2) is 0 Å². The Kier molecular flexibility index (Phi) is 3.30. The molecule has 2 heteroatoms. The van der Waals surface area contributed by atoms with Crippen LogP contribution in [-0.4, -0.2) is 5.91 Å². The van der Waals surface area contributed by atoms with Gasteiger partial charge in [-0.25, -0.2) is 0 Å². The molecule has 0 aliphatic heterocycles. The summed E-state index contributed by atoms with van der Waals surface area (Å²) >= 11 is 0. The molecular weight excluding hydrogens is 174 g/mol. The Bertz CT molecular complexity index is 376. The highest BCUT2D eigenvalue weighted by atomic mass is 16.1. The van der Waals surface area contributed by atoms with E-state index in [1.165, 1.54) is 6.92 Å². The molecule has 1 rings (SSSR count). The minimum atomic E-state index is -0.325. The van der Waals surface area contributed by atoms with Crippen molar-refractivity contribution < 1.29 is 4.79 Å². The van der Waals surface area contributed by atoms with Gasteiger partial charge in [0.2, 0.25) is 5.91 Å². The molecule has 1 amide bonds. The third-order valence-corrected chi connectivity index (χ3v) is 2.01. The Balaban J connectivity index is 2.96. The Labute approximate surface area is 84.3 Å². The predicted octanol–water partition coefficient (Wildman–Crippen LogP) is 1.81. The Morgan fingerprint density at radius 3 is 2.64 bits per heavy atom. The molecule has 0 aliphatic carbocycles. The SMILES string of the molecule is C#C[C@H](NC(C)=O)c1ccccc1C. The summed E-state index contributed by atoms with van der Waals surface area (Å²) in [5, 5.41) is 2.71. The lowest BCUT2D eigenvalue weighted by Gasteiger charge is -2.14. The highest BCUT2D eigenvalue weighted by Crippen LogP contribution is 2.16. The van der Waals surface area contributed by atoms with Gasteiger partial charge in [0.1, 0.15) is 6.04 Å². The second kappa shape index (κ2) is 4.48. The molecule has 72 valence electrons. The molecule has 1 N–H and O–H groups in total. The molecule has 1 aromatic rings. The molecule has 0 radical (unpaired) electrons.